The lowest BCUT2D eigenvalue weighted by Gasteiger charge is -2.23. The molecule has 0 spiro atoms. The zero-order valence-corrected chi connectivity index (χ0v) is 19.2. The van der Waals surface area contributed by atoms with Crippen LogP contribution in [0.3, 0.4) is 0 Å². The van der Waals surface area contributed by atoms with Gasteiger partial charge in [-0.3, -0.25) is 0 Å². The summed E-state index contributed by atoms with van der Waals surface area (Å²) in [7, 11) is 0. The summed E-state index contributed by atoms with van der Waals surface area (Å²) >= 11 is 0. The third kappa shape index (κ3) is 8.58. The molecule has 0 aliphatic carbocycles. The monoisotopic (exact) mass is 447 g/mol. The molecule has 0 aromatic heterocycles. The number of nitrogens with one attached hydrogen (secondary N) is 2. The van der Waals surface area contributed by atoms with Crippen molar-refractivity contribution < 1.29 is 13.2 Å². The maximum absolute atomic E-state index is 13.4. The molecule has 4 N–H and O–H groups in total. The minimum atomic E-state index is -4.38. The average Bonchev–Trinajstić information content (AvgIpc) is 2.76. The van der Waals surface area contributed by atoms with Gasteiger partial charge < -0.3 is 16.4 Å². The van der Waals surface area contributed by atoms with Gasteiger partial charge in [-0.2, -0.15) is 13.2 Å². The molecule has 1 aromatic rings. The molecule has 0 saturated carbocycles. The fourth-order valence-electron chi connectivity index (χ4n) is 3.84. The van der Waals surface area contributed by atoms with E-state index in [2.05, 4.69) is 31.1 Å². The van der Waals surface area contributed by atoms with Crippen LogP contribution in [-0.4, -0.2) is 13.1 Å². The van der Waals surface area contributed by atoms with Gasteiger partial charge >= 0.3 is 6.18 Å². The molecule has 1 fully saturated rings. The Balaban J connectivity index is 2.26. The fourth-order valence-corrected chi connectivity index (χ4v) is 3.84. The zero-order chi connectivity index (χ0) is 23.6. The van der Waals surface area contributed by atoms with Gasteiger partial charge in [0.05, 0.1) is 5.56 Å². The largest absolute Gasteiger partial charge is 0.416 e. The van der Waals surface area contributed by atoms with Gasteiger partial charge in [-0.25, -0.2) is 0 Å². The molecule has 176 valence electrons. The second kappa shape index (κ2) is 12.5. The highest BCUT2D eigenvalue weighted by Gasteiger charge is 2.32. The fraction of sp³-hybridized carbons (Fsp3) is 0.462. The highest BCUT2D eigenvalue weighted by Crippen LogP contribution is 2.32. The van der Waals surface area contributed by atoms with Crippen molar-refractivity contribution in [3.8, 4) is 0 Å². The lowest BCUT2D eigenvalue weighted by Crippen LogP contribution is -2.30. The first kappa shape index (κ1) is 25.8. The van der Waals surface area contributed by atoms with Gasteiger partial charge in [0.25, 0.3) is 0 Å². The molecule has 3 nitrogen and oxygen atoms in total. The van der Waals surface area contributed by atoms with Crippen molar-refractivity contribution in [2.75, 3.05) is 13.1 Å². The van der Waals surface area contributed by atoms with Gasteiger partial charge in [0, 0.05) is 23.0 Å². The number of rotatable bonds is 10. The lowest BCUT2D eigenvalue weighted by molar-refractivity contribution is -0.138. The molecule has 1 aliphatic rings. The summed E-state index contributed by atoms with van der Waals surface area (Å²) in [6, 6.07) is 5.67. The minimum Gasteiger partial charge on any atom is -0.402 e. The van der Waals surface area contributed by atoms with Crippen LogP contribution in [0.5, 0.6) is 0 Å². The van der Waals surface area contributed by atoms with Crippen molar-refractivity contribution in [1.82, 2.24) is 10.6 Å². The number of hydrogen-bond acceptors (Lipinski definition) is 3. The lowest BCUT2D eigenvalue weighted by atomic mass is 9.94. The van der Waals surface area contributed by atoms with E-state index >= 15 is 0 Å². The molecule has 0 bridgehead atoms. The molecule has 0 amide bonds. The highest BCUT2D eigenvalue weighted by molar-refractivity contribution is 5.35. The van der Waals surface area contributed by atoms with Crippen LogP contribution in [0.2, 0.25) is 0 Å². The van der Waals surface area contributed by atoms with Gasteiger partial charge in [0.1, 0.15) is 0 Å². The van der Waals surface area contributed by atoms with Crippen LogP contribution in [0, 0.1) is 5.92 Å². The quantitative estimate of drug-likeness (QED) is 0.374. The zero-order valence-electron chi connectivity index (χ0n) is 19.2. The van der Waals surface area contributed by atoms with Crippen molar-refractivity contribution in [3.05, 3.63) is 82.9 Å². The summed E-state index contributed by atoms with van der Waals surface area (Å²) in [5.74, 6) is 0.263. The molecule has 32 heavy (non-hydrogen) atoms. The van der Waals surface area contributed by atoms with Crippen molar-refractivity contribution >= 4 is 0 Å². The van der Waals surface area contributed by atoms with E-state index in [-0.39, 0.29) is 17.9 Å². The summed E-state index contributed by atoms with van der Waals surface area (Å²) in [6.45, 7) is 10.1. The van der Waals surface area contributed by atoms with Crippen LogP contribution in [0.15, 0.2) is 71.7 Å². The van der Waals surface area contributed by atoms with Crippen molar-refractivity contribution in [3.63, 3.8) is 0 Å². The van der Waals surface area contributed by atoms with E-state index in [9.17, 15) is 13.2 Å². The van der Waals surface area contributed by atoms with Crippen molar-refractivity contribution in [2.24, 2.45) is 11.7 Å². The predicted octanol–water partition coefficient (Wildman–Crippen LogP) is 6.21. The van der Waals surface area contributed by atoms with E-state index in [1.165, 1.54) is 17.7 Å². The Labute approximate surface area is 190 Å². The van der Waals surface area contributed by atoms with Gasteiger partial charge in [-0.15, -0.1) is 0 Å². The molecule has 1 aromatic carbocycles. The number of nitrogens with two attached hydrogens (primary N) is 1. The second-order valence-electron chi connectivity index (χ2n) is 8.43. The van der Waals surface area contributed by atoms with Crippen LogP contribution < -0.4 is 16.4 Å². The van der Waals surface area contributed by atoms with Gasteiger partial charge in [0.15, 0.2) is 0 Å². The molecule has 6 heteroatoms. The average molecular weight is 448 g/mol. The number of piperidine rings is 1. The minimum absolute atomic E-state index is 0.139. The van der Waals surface area contributed by atoms with Crippen LogP contribution in [-0.2, 0) is 12.6 Å². The van der Waals surface area contributed by atoms with Gasteiger partial charge in [0.2, 0.25) is 0 Å². The number of hydrogen-bond donors (Lipinski definition) is 3. The Kier molecular flexibility index (Phi) is 10.1. The SMILES string of the molecule is C=C(/C=C(/C)CCCC)NC(/C=C(\N)C1CCNCC1)=C/Cc1ccccc1C(F)(F)F. The Morgan fingerprint density at radius 3 is 2.56 bits per heavy atom. The molecule has 1 aliphatic heterocycles. The summed E-state index contributed by atoms with van der Waals surface area (Å²) in [6.07, 6.45) is 6.46. The standard InChI is InChI=1S/C26H36F3N3/c1-4-5-8-19(2)17-20(3)32-23(18-25(30)22-13-15-31-16-14-22)12-11-21-9-6-7-10-24(21)26(27,28)29/h6-7,9-10,12,17-18,22,31-32H,3-5,8,11,13-16,30H2,1-2H3/b19-17-,23-12+,25-18-. The molecule has 0 unspecified atom stereocenters. The first-order valence-corrected chi connectivity index (χ1v) is 11.4. The van der Waals surface area contributed by atoms with Gasteiger partial charge in [-0.1, -0.05) is 49.8 Å². The van der Waals surface area contributed by atoms with Gasteiger partial charge in [-0.05, 0) is 75.9 Å². The summed E-state index contributed by atoms with van der Waals surface area (Å²) in [5.41, 5.74) is 9.33. The number of alkyl halides is 3. The Morgan fingerprint density at radius 2 is 1.91 bits per heavy atom. The van der Waals surface area contributed by atoms with Crippen LogP contribution in [0.4, 0.5) is 13.2 Å². The van der Waals surface area contributed by atoms with Crippen molar-refractivity contribution in [2.45, 2.75) is 58.5 Å². The number of unbranched alkanes of at least 4 members (excludes halogenated alkanes) is 1. The van der Waals surface area contributed by atoms with Crippen LogP contribution >= 0.6 is 0 Å². The maximum atomic E-state index is 13.4. The maximum Gasteiger partial charge on any atom is 0.416 e. The molecule has 0 atom stereocenters. The van der Waals surface area contributed by atoms with E-state index in [0.717, 1.165) is 57.0 Å². The summed E-state index contributed by atoms with van der Waals surface area (Å²) in [4.78, 5) is 0. The molecule has 0 radical (unpaired) electrons. The number of benzene rings is 1. The van der Waals surface area contributed by atoms with E-state index in [1.807, 2.05) is 12.2 Å². The van der Waals surface area contributed by atoms with Crippen LogP contribution in [0.25, 0.3) is 0 Å². The molecular formula is C26H36F3N3. The smallest absolute Gasteiger partial charge is 0.402 e. The first-order chi connectivity index (χ1) is 15.2. The van der Waals surface area contributed by atoms with E-state index in [1.54, 1.807) is 12.1 Å². The molecule has 1 heterocycles. The third-order valence-electron chi connectivity index (χ3n) is 5.65. The Morgan fingerprint density at radius 1 is 1.22 bits per heavy atom. The highest BCUT2D eigenvalue weighted by atomic mass is 19.4. The normalized spacial score (nSPS) is 16.8. The molecular weight excluding hydrogens is 411 g/mol. The van der Waals surface area contributed by atoms with Crippen molar-refractivity contribution in [1.29, 1.82) is 0 Å². The summed E-state index contributed by atoms with van der Waals surface area (Å²) < 4.78 is 40.2. The topological polar surface area (TPSA) is 50.1 Å². The van der Waals surface area contributed by atoms with Crippen LogP contribution in [0.1, 0.15) is 57.1 Å². The number of halogens is 3. The van der Waals surface area contributed by atoms with E-state index in [4.69, 9.17) is 5.73 Å². The molecule has 1 saturated heterocycles. The van der Waals surface area contributed by atoms with E-state index < -0.39 is 11.7 Å². The summed E-state index contributed by atoms with van der Waals surface area (Å²) in [5, 5.41) is 6.58. The third-order valence-corrected chi connectivity index (χ3v) is 5.65. The Hall–Kier alpha value is -2.47. The number of allylic oxidation sites excluding steroid dienone is 5. The Bertz CT molecular complexity index is 844. The molecule has 2 rings (SSSR count). The van der Waals surface area contributed by atoms with E-state index in [0.29, 0.717) is 11.4 Å². The second-order valence-corrected chi connectivity index (χ2v) is 8.43. The predicted molar refractivity (Wildman–Crippen MR) is 127 cm³/mol. The first-order valence-electron chi connectivity index (χ1n) is 11.4.